The van der Waals surface area contributed by atoms with Gasteiger partial charge in [-0.3, -0.25) is 0 Å². The van der Waals surface area contributed by atoms with Crippen LogP contribution in [0.3, 0.4) is 0 Å². The van der Waals surface area contributed by atoms with Crippen molar-refractivity contribution in [3.63, 3.8) is 0 Å². The maximum Gasteiger partial charge on any atom is 0.410 e. The van der Waals surface area contributed by atoms with Gasteiger partial charge in [-0.25, -0.2) is 4.79 Å². The van der Waals surface area contributed by atoms with Crippen molar-refractivity contribution in [1.29, 1.82) is 0 Å². The molecule has 0 unspecified atom stereocenters. The van der Waals surface area contributed by atoms with Crippen LogP contribution in [0.4, 0.5) is 4.79 Å². The van der Waals surface area contributed by atoms with Crippen LogP contribution in [-0.2, 0) is 17.2 Å². The summed E-state index contributed by atoms with van der Waals surface area (Å²) in [6.07, 6.45) is 1.96. The van der Waals surface area contributed by atoms with Crippen LogP contribution in [0.1, 0.15) is 24.0 Å². The van der Waals surface area contributed by atoms with Gasteiger partial charge in [-0.15, -0.1) is 11.6 Å². The number of hydrogen-bond donors (Lipinski definition) is 0. The van der Waals surface area contributed by atoms with Crippen molar-refractivity contribution in [3.05, 3.63) is 35.4 Å². The summed E-state index contributed by atoms with van der Waals surface area (Å²) in [7, 11) is 0. The summed E-state index contributed by atoms with van der Waals surface area (Å²) in [4.78, 5) is 13.4. The lowest BCUT2D eigenvalue weighted by Gasteiger charge is -2.15. The van der Waals surface area contributed by atoms with Crippen LogP contribution in [0.2, 0.25) is 0 Å². The lowest BCUT2D eigenvalue weighted by molar-refractivity contribution is 0.104. The summed E-state index contributed by atoms with van der Waals surface area (Å²) in [6.45, 7) is 1.98. The second-order valence-electron chi connectivity index (χ2n) is 4.20. The maximum atomic E-state index is 11.6. The monoisotopic (exact) mass is 253 g/mol. The number of amides is 1. The van der Waals surface area contributed by atoms with Crippen LogP contribution in [0.5, 0.6) is 0 Å². The largest absolute Gasteiger partial charge is 0.445 e. The van der Waals surface area contributed by atoms with Crippen molar-refractivity contribution < 1.29 is 9.53 Å². The highest BCUT2D eigenvalue weighted by Gasteiger charge is 2.18. The Morgan fingerprint density at radius 1 is 1.18 bits per heavy atom. The molecule has 0 N–H and O–H groups in total. The molecule has 17 heavy (non-hydrogen) atoms. The first-order chi connectivity index (χ1) is 8.29. The first kappa shape index (κ1) is 12.2. The Morgan fingerprint density at radius 3 is 2.35 bits per heavy atom. The highest BCUT2D eigenvalue weighted by molar-refractivity contribution is 6.17. The Morgan fingerprint density at radius 2 is 1.76 bits per heavy atom. The van der Waals surface area contributed by atoms with E-state index in [4.69, 9.17) is 16.3 Å². The second kappa shape index (κ2) is 5.92. The third kappa shape index (κ3) is 3.37. The third-order valence-corrected chi connectivity index (χ3v) is 3.21. The van der Waals surface area contributed by atoms with E-state index in [0.29, 0.717) is 12.5 Å². The molecule has 1 amide bonds. The topological polar surface area (TPSA) is 29.5 Å². The van der Waals surface area contributed by atoms with Gasteiger partial charge < -0.3 is 9.64 Å². The number of nitrogens with zero attached hydrogens (tertiary/aromatic N) is 1. The molecule has 1 aliphatic heterocycles. The minimum atomic E-state index is -0.205. The molecule has 1 aromatic rings. The average Bonchev–Trinajstić information content (AvgIpc) is 2.90. The molecule has 0 saturated carbocycles. The minimum Gasteiger partial charge on any atom is -0.445 e. The predicted octanol–water partition coefficient (Wildman–Crippen LogP) is 3.16. The molecule has 0 atom stereocenters. The first-order valence-electron chi connectivity index (χ1n) is 5.85. The molecule has 4 heteroatoms. The highest BCUT2D eigenvalue weighted by atomic mass is 35.5. The van der Waals surface area contributed by atoms with Crippen LogP contribution in [0.15, 0.2) is 24.3 Å². The Balaban J connectivity index is 1.82. The van der Waals surface area contributed by atoms with Crippen molar-refractivity contribution in [2.45, 2.75) is 25.3 Å². The van der Waals surface area contributed by atoms with Crippen LogP contribution in [0.25, 0.3) is 0 Å². The smallest absolute Gasteiger partial charge is 0.410 e. The van der Waals surface area contributed by atoms with E-state index in [1.807, 2.05) is 24.3 Å². The Labute approximate surface area is 106 Å². The van der Waals surface area contributed by atoms with Gasteiger partial charge >= 0.3 is 6.09 Å². The van der Waals surface area contributed by atoms with Gasteiger partial charge in [-0.05, 0) is 24.0 Å². The Kier molecular flexibility index (Phi) is 4.26. The van der Waals surface area contributed by atoms with Gasteiger partial charge in [-0.1, -0.05) is 24.3 Å². The van der Waals surface area contributed by atoms with E-state index in [-0.39, 0.29) is 6.09 Å². The quantitative estimate of drug-likeness (QED) is 0.775. The maximum absolute atomic E-state index is 11.6. The normalized spacial score (nSPS) is 15.0. The summed E-state index contributed by atoms with van der Waals surface area (Å²) < 4.78 is 5.24. The zero-order chi connectivity index (χ0) is 12.1. The molecule has 0 bridgehead atoms. The van der Waals surface area contributed by atoms with Crippen LogP contribution in [-0.4, -0.2) is 24.1 Å². The third-order valence-electron chi connectivity index (χ3n) is 2.90. The molecule has 92 valence electrons. The van der Waals surface area contributed by atoms with Gasteiger partial charge in [0.1, 0.15) is 6.61 Å². The number of carbonyl (C=O) groups is 1. The molecular formula is C13H16ClNO2. The van der Waals surface area contributed by atoms with Crippen molar-refractivity contribution in [1.82, 2.24) is 4.90 Å². The number of halogens is 1. The summed E-state index contributed by atoms with van der Waals surface area (Å²) in [5, 5.41) is 0. The Hall–Kier alpha value is -1.22. The minimum absolute atomic E-state index is 0.205. The number of carbonyl (C=O) groups excluding carboxylic acids is 1. The van der Waals surface area contributed by atoms with E-state index in [2.05, 4.69) is 0 Å². The van der Waals surface area contributed by atoms with E-state index >= 15 is 0 Å². The molecule has 2 rings (SSSR count). The second-order valence-corrected chi connectivity index (χ2v) is 4.47. The van der Waals surface area contributed by atoms with Gasteiger partial charge in [0.25, 0.3) is 0 Å². The standard InChI is InChI=1S/C13H16ClNO2/c14-9-11-3-5-12(6-4-11)10-17-13(16)15-7-1-2-8-15/h3-6H,1-2,7-10H2. The zero-order valence-corrected chi connectivity index (χ0v) is 10.4. The molecule has 0 spiro atoms. The number of hydrogen-bond acceptors (Lipinski definition) is 2. The van der Waals surface area contributed by atoms with Crippen molar-refractivity contribution in [2.24, 2.45) is 0 Å². The number of alkyl halides is 1. The number of likely N-dealkylation sites (tertiary alicyclic amines) is 1. The van der Waals surface area contributed by atoms with Gasteiger partial charge in [0, 0.05) is 19.0 Å². The fourth-order valence-electron chi connectivity index (χ4n) is 1.86. The number of benzene rings is 1. The number of rotatable bonds is 3. The molecule has 1 aliphatic rings. The molecule has 0 aromatic heterocycles. The summed E-state index contributed by atoms with van der Waals surface area (Å²) >= 11 is 5.70. The van der Waals surface area contributed by atoms with Gasteiger partial charge in [-0.2, -0.15) is 0 Å². The molecule has 1 fully saturated rings. The molecule has 0 aliphatic carbocycles. The fraction of sp³-hybridized carbons (Fsp3) is 0.462. The SMILES string of the molecule is O=C(OCc1ccc(CCl)cc1)N1CCCC1. The molecule has 1 saturated heterocycles. The summed E-state index contributed by atoms with van der Waals surface area (Å²) in [5.74, 6) is 0.508. The van der Waals surface area contributed by atoms with E-state index in [1.165, 1.54) is 0 Å². The first-order valence-corrected chi connectivity index (χ1v) is 6.38. The summed E-state index contributed by atoms with van der Waals surface area (Å²) in [6, 6.07) is 7.78. The molecule has 1 aromatic carbocycles. The molecule has 0 radical (unpaired) electrons. The van der Waals surface area contributed by atoms with Gasteiger partial charge in [0.05, 0.1) is 0 Å². The molecule has 1 heterocycles. The van der Waals surface area contributed by atoms with Crippen LogP contribution in [0, 0.1) is 0 Å². The predicted molar refractivity (Wildman–Crippen MR) is 67.0 cm³/mol. The van der Waals surface area contributed by atoms with Crippen LogP contribution < -0.4 is 0 Å². The average molecular weight is 254 g/mol. The molecule has 3 nitrogen and oxygen atoms in total. The number of ether oxygens (including phenoxy) is 1. The Bertz CT molecular complexity index is 372. The van der Waals surface area contributed by atoms with E-state index in [0.717, 1.165) is 37.1 Å². The van der Waals surface area contributed by atoms with Crippen molar-refractivity contribution >= 4 is 17.7 Å². The van der Waals surface area contributed by atoms with E-state index in [1.54, 1.807) is 4.90 Å². The van der Waals surface area contributed by atoms with E-state index < -0.39 is 0 Å². The lowest BCUT2D eigenvalue weighted by Crippen LogP contribution is -2.28. The summed E-state index contributed by atoms with van der Waals surface area (Å²) in [5.41, 5.74) is 2.06. The zero-order valence-electron chi connectivity index (χ0n) is 9.69. The van der Waals surface area contributed by atoms with Crippen molar-refractivity contribution in [3.8, 4) is 0 Å². The lowest BCUT2D eigenvalue weighted by atomic mass is 10.2. The molecular weight excluding hydrogens is 238 g/mol. The van der Waals surface area contributed by atoms with Crippen LogP contribution >= 0.6 is 11.6 Å². The van der Waals surface area contributed by atoms with E-state index in [9.17, 15) is 4.79 Å². The van der Waals surface area contributed by atoms with Crippen molar-refractivity contribution in [2.75, 3.05) is 13.1 Å². The highest BCUT2D eigenvalue weighted by Crippen LogP contribution is 2.11. The fourth-order valence-corrected chi connectivity index (χ4v) is 2.04. The van der Waals surface area contributed by atoms with Gasteiger partial charge in [0.15, 0.2) is 0 Å². The van der Waals surface area contributed by atoms with Gasteiger partial charge in [0.2, 0.25) is 0 Å².